The Hall–Kier alpha value is -4.45. The van der Waals surface area contributed by atoms with E-state index >= 15 is 0 Å². The van der Waals surface area contributed by atoms with Crippen LogP contribution in [0.3, 0.4) is 0 Å². The Labute approximate surface area is 462 Å². The quantitative estimate of drug-likeness (QED) is 0.0261. The molecule has 0 aromatic carbocycles. The van der Waals surface area contributed by atoms with Gasteiger partial charge in [0.05, 0.1) is 0 Å². The van der Waals surface area contributed by atoms with E-state index in [2.05, 4.69) is 154 Å². The van der Waals surface area contributed by atoms with Crippen molar-refractivity contribution in [1.82, 2.24) is 0 Å². The lowest BCUT2D eigenvalue weighted by molar-refractivity contribution is -0.167. The first-order valence-electron chi connectivity index (χ1n) is 30.7. The van der Waals surface area contributed by atoms with Gasteiger partial charge in [0.25, 0.3) is 0 Å². The number of hydrogen-bond donors (Lipinski definition) is 0. The zero-order chi connectivity index (χ0) is 54.3. The highest BCUT2D eigenvalue weighted by atomic mass is 16.6. The average molecular weight is 1040 g/mol. The molecule has 0 aliphatic carbocycles. The summed E-state index contributed by atoms with van der Waals surface area (Å²) in [6.07, 6.45) is 87.4. The van der Waals surface area contributed by atoms with Crippen molar-refractivity contribution < 1.29 is 28.6 Å². The standard InChI is InChI=1S/C69H112O6/c1-4-7-10-13-16-19-22-24-26-27-28-29-30-31-32-33-34-35-36-37-38-39-40-41-43-44-47-50-53-56-59-62-68(71)74-65-66(64-73-67(70)61-58-55-52-49-46-21-18-15-12-9-6-3)75-69(72)63-60-57-54-51-48-45-42-25-23-20-17-14-11-8-5-2/h7,10,15-16,18-19,24-26,28-29,31-32,34-35,37-38,40-42,44,47,66H,4-6,8-9,11-14,17,20-23,27,30,33,36,39,43,45-46,48-65H2,1-3H3/b10-7-,18-15-,19-16-,26-24-,29-28-,32-31-,35-34-,38-37-,41-40-,42-25-,47-44-. The molecule has 0 radical (unpaired) electrons. The molecule has 0 spiro atoms. The molecule has 0 saturated heterocycles. The summed E-state index contributed by atoms with van der Waals surface area (Å²) in [5.74, 6) is -0.953. The summed E-state index contributed by atoms with van der Waals surface area (Å²) < 4.78 is 16.8. The third-order valence-electron chi connectivity index (χ3n) is 12.6. The zero-order valence-corrected chi connectivity index (χ0v) is 48.5. The Balaban J connectivity index is 4.35. The van der Waals surface area contributed by atoms with Gasteiger partial charge in [0.15, 0.2) is 6.10 Å². The third kappa shape index (κ3) is 60.3. The van der Waals surface area contributed by atoms with E-state index in [-0.39, 0.29) is 31.1 Å². The van der Waals surface area contributed by atoms with Crippen molar-refractivity contribution in [2.45, 2.75) is 271 Å². The number of rotatable bonds is 54. The van der Waals surface area contributed by atoms with Gasteiger partial charge in [-0.15, -0.1) is 0 Å². The molecule has 0 bridgehead atoms. The van der Waals surface area contributed by atoms with E-state index in [0.717, 1.165) is 148 Å². The lowest BCUT2D eigenvalue weighted by Crippen LogP contribution is -2.30. The van der Waals surface area contributed by atoms with Crippen LogP contribution in [0.4, 0.5) is 0 Å². The normalized spacial score (nSPS) is 13.1. The van der Waals surface area contributed by atoms with Gasteiger partial charge in [-0.3, -0.25) is 14.4 Å². The second-order valence-corrected chi connectivity index (χ2v) is 19.9. The van der Waals surface area contributed by atoms with Gasteiger partial charge in [-0.2, -0.15) is 0 Å². The smallest absolute Gasteiger partial charge is 0.306 e. The minimum absolute atomic E-state index is 0.0993. The first-order valence-corrected chi connectivity index (χ1v) is 30.7. The predicted molar refractivity (Wildman–Crippen MR) is 325 cm³/mol. The SMILES string of the molecule is CC/C=C\C/C=C\C/C=C\C/C=C\C/C=C\C/C=C\C/C=C\C/C=C\C/C=C\CCCCCC(=O)OCC(COC(=O)CCCCCCC/C=C\CCCC)OC(=O)CCCCCCC/C=C\CCCCCCCC. The molecular formula is C69H112O6. The van der Waals surface area contributed by atoms with Crippen LogP contribution in [0.1, 0.15) is 265 Å². The van der Waals surface area contributed by atoms with Gasteiger partial charge in [0.2, 0.25) is 0 Å². The molecule has 1 atom stereocenters. The van der Waals surface area contributed by atoms with Crippen molar-refractivity contribution in [1.29, 1.82) is 0 Å². The van der Waals surface area contributed by atoms with Crippen LogP contribution in [0.2, 0.25) is 0 Å². The van der Waals surface area contributed by atoms with Gasteiger partial charge in [-0.25, -0.2) is 0 Å². The van der Waals surface area contributed by atoms with Crippen molar-refractivity contribution in [3.05, 3.63) is 134 Å². The molecule has 1 unspecified atom stereocenters. The maximum atomic E-state index is 12.8. The fourth-order valence-electron chi connectivity index (χ4n) is 8.00. The van der Waals surface area contributed by atoms with E-state index in [1.807, 2.05) is 0 Å². The Bertz CT molecular complexity index is 1620. The largest absolute Gasteiger partial charge is 0.462 e. The molecule has 0 aliphatic rings. The number of carbonyl (C=O) groups is 3. The van der Waals surface area contributed by atoms with E-state index in [9.17, 15) is 14.4 Å². The molecular weight excluding hydrogens is 925 g/mol. The molecule has 424 valence electrons. The van der Waals surface area contributed by atoms with Gasteiger partial charge in [-0.1, -0.05) is 244 Å². The summed E-state index contributed by atoms with van der Waals surface area (Å²) in [6.45, 7) is 6.43. The van der Waals surface area contributed by atoms with Crippen molar-refractivity contribution >= 4 is 17.9 Å². The van der Waals surface area contributed by atoms with E-state index < -0.39 is 6.10 Å². The van der Waals surface area contributed by atoms with Crippen LogP contribution in [-0.2, 0) is 28.6 Å². The maximum absolute atomic E-state index is 12.8. The number of hydrogen-bond acceptors (Lipinski definition) is 6. The molecule has 0 rings (SSSR count). The summed E-state index contributed by atoms with van der Waals surface area (Å²) in [5.41, 5.74) is 0. The molecule has 75 heavy (non-hydrogen) atoms. The minimum atomic E-state index is -0.803. The maximum Gasteiger partial charge on any atom is 0.306 e. The summed E-state index contributed by atoms with van der Waals surface area (Å²) in [7, 11) is 0. The fraction of sp³-hybridized carbons (Fsp3) is 0.638. The summed E-state index contributed by atoms with van der Waals surface area (Å²) in [5, 5.41) is 0. The first-order chi connectivity index (χ1) is 37.0. The van der Waals surface area contributed by atoms with Crippen LogP contribution in [0, 0.1) is 0 Å². The van der Waals surface area contributed by atoms with Crippen LogP contribution in [0.5, 0.6) is 0 Å². The van der Waals surface area contributed by atoms with Crippen molar-refractivity contribution in [2.75, 3.05) is 13.2 Å². The summed E-state index contributed by atoms with van der Waals surface area (Å²) in [6, 6.07) is 0. The fourth-order valence-corrected chi connectivity index (χ4v) is 8.00. The van der Waals surface area contributed by atoms with Crippen LogP contribution < -0.4 is 0 Å². The molecule has 6 heteroatoms. The summed E-state index contributed by atoms with van der Waals surface area (Å²) >= 11 is 0. The lowest BCUT2D eigenvalue weighted by atomic mass is 10.1. The Kier molecular flexibility index (Phi) is 58.4. The molecule has 0 saturated carbocycles. The predicted octanol–water partition coefficient (Wildman–Crippen LogP) is 21.0. The zero-order valence-electron chi connectivity index (χ0n) is 48.5. The molecule has 0 aromatic rings. The Morgan fingerprint density at radius 1 is 0.280 bits per heavy atom. The van der Waals surface area contributed by atoms with Crippen LogP contribution in [-0.4, -0.2) is 37.2 Å². The molecule has 0 aliphatic heterocycles. The number of esters is 3. The van der Waals surface area contributed by atoms with Gasteiger partial charge in [0, 0.05) is 19.3 Å². The van der Waals surface area contributed by atoms with Crippen molar-refractivity contribution in [3.8, 4) is 0 Å². The van der Waals surface area contributed by atoms with Gasteiger partial charge >= 0.3 is 17.9 Å². The van der Waals surface area contributed by atoms with Gasteiger partial charge in [-0.05, 0) is 135 Å². The monoisotopic (exact) mass is 1040 g/mol. The van der Waals surface area contributed by atoms with Crippen molar-refractivity contribution in [2.24, 2.45) is 0 Å². The first kappa shape index (κ1) is 70.5. The molecule has 0 amide bonds. The van der Waals surface area contributed by atoms with E-state index in [0.29, 0.717) is 19.3 Å². The van der Waals surface area contributed by atoms with Crippen LogP contribution in [0.15, 0.2) is 134 Å². The molecule has 0 N–H and O–H groups in total. The number of allylic oxidation sites excluding steroid dienone is 22. The Morgan fingerprint density at radius 3 is 0.880 bits per heavy atom. The minimum Gasteiger partial charge on any atom is -0.462 e. The molecule has 0 fully saturated rings. The van der Waals surface area contributed by atoms with Gasteiger partial charge in [0.1, 0.15) is 13.2 Å². The van der Waals surface area contributed by atoms with Crippen LogP contribution >= 0.6 is 0 Å². The lowest BCUT2D eigenvalue weighted by Gasteiger charge is -2.18. The highest BCUT2D eigenvalue weighted by molar-refractivity contribution is 5.71. The second kappa shape index (κ2) is 62.1. The third-order valence-corrected chi connectivity index (χ3v) is 12.6. The highest BCUT2D eigenvalue weighted by Gasteiger charge is 2.19. The van der Waals surface area contributed by atoms with E-state index in [1.165, 1.54) is 77.0 Å². The van der Waals surface area contributed by atoms with E-state index in [4.69, 9.17) is 14.2 Å². The highest BCUT2D eigenvalue weighted by Crippen LogP contribution is 2.14. The molecule has 6 nitrogen and oxygen atoms in total. The Morgan fingerprint density at radius 2 is 0.533 bits per heavy atom. The summed E-state index contributed by atoms with van der Waals surface area (Å²) in [4.78, 5) is 38.1. The van der Waals surface area contributed by atoms with Crippen LogP contribution in [0.25, 0.3) is 0 Å². The second-order valence-electron chi connectivity index (χ2n) is 19.9. The number of ether oxygens (including phenoxy) is 3. The van der Waals surface area contributed by atoms with Gasteiger partial charge < -0.3 is 14.2 Å². The topological polar surface area (TPSA) is 78.9 Å². The average Bonchev–Trinajstić information content (AvgIpc) is 3.41. The molecule has 0 aromatic heterocycles. The number of carbonyl (C=O) groups excluding carboxylic acids is 3. The van der Waals surface area contributed by atoms with E-state index in [1.54, 1.807) is 0 Å². The molecule has 0 heterocycles. The number of unbranched alkanes of at least 4 members (excludes halogenated alkanes) is 21. The van der Waals surface area contributed by atoms with Crippen molar-refractivity contribution in [3.63, 3.8) is 0 Å².